The van der Waals surface area contributed by atoms with Crippen LogP contribution >= 0.6 is 0 Å². The van der Waals surface area contributed by atoms with Crippen LogP contribution in [0.3, 0.4) is 0 Å². The molecule has 1 N–H and O–H groups in total. The summed E-state index contributed by atoms with van der Waals surface area (Å²) in [6.45, 7) is 2.57. The Morgan fingerprint density at radius 3 is 2.67 bits per heavy atom. The Morgan fingerprint density at radius 1 is 1.27 bits per heavy atom. The summed E-state index contributed by atoms with van der Waals surface area (Å²) in [7, 11) is 1.90. The minimum absolute atomic E-state index is 0.699. The molecule has 0 aliphatic carbocycles. The van der Waals surface area contributed by atoms with E-state index in [0.29, 0.717) is 12.4 Å². The van der Waals surface area contributed by atoms with Gasteiger partial charge in [0.05, 0.1) is 6.54 Å². The van der Waals surface area contributed by atoms with E-state index >= 15 is 0 Å². The van der Waals surface area contributed by atoms with Crippen LogP contribution in [-0.2, 0) is 6.54 Å². The van der Waals surface area contributed by atoms with E-state index in [4.69, 9.17) is 4.42 Å². The van der Waals surface area contributed by atoms with Crippen LogP contribution in [0.5, 0.6) is 0 Å². The average molecular weight is 202 g/mol. The number of nitrogens with one attached hydrogen (secondary N) is 1. The summed E-state index contributed by atoms with van der Waals surface area (Å²) < 4.78 is 5.54. The van der Waals surface area contributed by atoms with Crippen molar-refractivity contribution in [3.8, 4) is 11.3 Å². The van der Waals surface area contributed by atoms with Crippen molar-refractivity contribution in [2.75, 3.05) is 7.05 Å². The Hall–Kier alpha value is -1.61. The summed E-state index contributed by atoms with van der Waals surface area (Å²) in [6, 6.07) is 10.1. The lowest BCUT2D eigenvalue weighted by Crippen LogP contribution is -2.05. The number of hydrogen-bond donors (Lipinski definition) is 1. The Kier molecular flexibility index (Phi) is 2.83. The first-order valence-corrected chi connectivity index (χ1v) is 4.97. The van der Waals surface area contributed by atoms with Gasteiger partial charge in [0.1, 0.15) is 11.5 Å². The highest BCUT2D eigenvalue weighted by Crippen LogP contribution is 2.23. The van der Waals surface area contributed by atoms with E-state index in [-0.39, 0.29) is 0 Å². The van der Waals surface area contributed by atoms with Crippen LogP contribution in [0.25, 0.3) is 11.3 Å². The molecule has 15 heavy (non-hydrogen) atoms. The molecular weight excluding hydrogens is 188 g/mol. The molecule has 3 heteroatoms. The second-order valence-corrected chi connectivity index (χ2v) is 3.40. The molecule has 0 saturated heterocycles. The number of aromatic nitrogens is 1. The van der Waals surface area contributed by atoms with Crippen LogP contribution < -0.4 is 5.32 Å². The number of rotatable bonds is 3. The fourth-order valence-corrected chi connectivity index (χ4v) is 1.57. The van der Waals surface area contributed by atoms with Gasteiger partial charge in [-0.25, -0.2) is 4.98 Å². The lowest BCUT2D eigenvalue weighted by atomic mass is 10.1. The summed E-state index contributed by atoms with van der Waals surface area (Å²) in [5, 5.41) is 3.07. The van der Waals surface area contributed by atoms with Gasteiger partial charge in [0, 0.05) is 12.5 Å². The van der Waals surface area contributed by atoms with E-state index in [1.54, 1.807) is 0 Å². The standard InChI is InChI=1S/C12H14N2O/c1-9-14-12(11(15-9)8-13-2)10-6-4-3-5-7-10/h3-7,13H,8H2,1-2H3. The zero-order valence-corrected chi connectivity index (χ0v) is 8.95. The summed E-state index contributed by atoms with van der Waals surface area (Å²) in [4.78, 5) is 4.39. The molecule has 0 radical (unpaired) electrons. The van der Waals surface area contributed by atoms with Gasteiger partial charge >= 0.3 is 0 Å². The molecule has 0 spiro atoms. The van der Waals surface area contributed by atoms with Crippen molar-refractivity contribution in [1.82, 2.24) is 10.3 Å². The number of oxazole rings is 1. The van der Waals surface area contributed by atoms with Crippen molar-refractivity contribution in [3.63, 3.8) is 0 Å². The third kappa shape index (κ3) is 2.07. The Labute approximate surface area is 89.1 Å². The molecule has 2 aromatic rings. The third-order valence-corrected chi connectivity index (χ3v) is 2.19. The van der Waals surface area contributed by atoms with Crippen molar-refractivity contribution < 1.29 is 4.42 Å². The van der Waals surface area contributed by atoms with Crippen molar-refractivity contribution >= 4 is 0 Å². The van der Waals surface area contributed by atoms with Crippen molar-refractivity contribution in [3.05, 3.63) is 42.0 Å². The zero-order chi connectivity index (χ0) is 10.7. The Bertz CT molecular complexity index is 434. The molecule has 0 amide bonds. The minimum atomic E-state index is 0.699. The van der Waals surface area contributed by atoms with Crippen LogP contribution in [0.15, 0.2) is 34.7 Å². The lowest BCUT2D eigenvalue weighted by molar-refractivity contribution is 0.465. The van der Waals surface area contributed by atoms with E-state index in [2.05, 4.69) is 10.3 Å². The van der Waals surface area contributed by atoms with Gasteiger partial charge in [-0.3, -0.25) is 0 Å². The maximum Gasteiger partial charge on any atom is 0.191 e. The van der Waals surface area contributed by atoms with Crippen molar-refractivity contribution in [1.29, 1.82) is 0 Å². The van der Waals surface area contributed by atoms with E-state index in [1.165, 1.54) is 0 Å². The van der Waals surface area contributed by atoms with Gasteiger partial charge in [0.2, 0.25) is 0 Å². The maximum atomic E-state index is 5.54. The fraction of sp³-hybridized carbons (Fsp3) is 0.250. The first-order chi connectivity index (χ1) is 7.31. The van der Waals surface area contributed by atoms with Crippen LogP contribution in [0.2, 0.25) is 0 Å². The molecule has 1 heterocycles. The predicted octanol–water partition coefficient (Wildman–Crippen LogP) is 2.37. The predicted molar refractivity (Wildman–Crippen MR) is 59.4 cm³/mol. The number of aryl methyl sites for hydroxylation is 1. The second-order valence-electron chi connectivity index (χ2n) is 3.40. The molecule has 1 aromatic heterocycles. The molecule has 0 saturated carbocycles. The van der Waals surface area contributed by atoms with Crippen LogP contribution in [0.1, 0.15) is 11.7 Å². The lowest BCUT2D eigenvalue weighted by Gasteiger charge is -1.99. The number of benzene rings is 1. The van der Waals surface area contributed by atoms with Crippen molar-refractivity contribution in [2.45, 2.75) is 13.5 Å². The highest BCUT2D eigenvalue weighted by molar-refractivity contribution is 5.60. The smallest absolute Gasteiger partial charge is 0.191 e. The molecule has 0 unspecified atom stereocenters. The molecule has 1 aromatic carbocycles. The minimum Gasteiger partial charge on any atom is -0.444 e. The van der Waals surface area contributed by atoms with Gasteiger partial charge in [-0.2, -0.15) is 0 Å². The van der Waals surface area contributed by atoms with Crippen molar-refractivity contribution in [2.24, 2.45) is 0 Å². The molecule has 0 aliphatic rings. The van der Waals surface area contributed by atoms with Gasteiger partial charge in [0.15, 0.2) is 5.89 Å². The fourth-order valence-electron chi connectivity index (χ4n) is 1.57. The van der Waals surface area contributed by atoms with Gasteiger partial charge in [-0.1, -0.05) is 30.3 Å². The highest BCUT2D eigenvalue weighted by atomic mass is 16.4. The molecule has 0 aliphatic heterocycles. The summed E-state index contributed by atoms with van der Waals surface area (Å²) in [5.41, 5.74) is 2.03. The molecule has 78 valence electrons. The number of nitrogens with zero attached hydrogens (tertiary/aromatic N) is 1. The summed E-state index contributed by atoms with van der Waals surface area (Å²) in [5.74, 6) is 1.60. The summed E-state index contributed by atoms with van der Waals surface area (Å²) >= 11 is 0. The molecule has 0 fully saturated rings. The van der Waals surface area contributed by atoms with Crippen LogP contribution in [0.4, 0.5) is 0 Å². The van der Waals surface area contributed by atoms with Gasteiger partial charge in [0.25, 0.3) is 0 Å². The second kappa shape index (κ2) is 4.28. The Balaban J connectivity index is 2.43. The van der Waals surface area contributed by atoms with Gasteiger partial charge < -0.3 is 9.73 Å². The molecule has 2 rings (SSSR count). The molecular formula is C12H14N2O. The third-order valence-electron chi connectivity index (χ3n) is 2.19. The molecule has 0 bridgehead atoms. The zero-order valence-electron chi connectivity index (χ0n) is 8.95. The first kappa shape index (κ1) is 9.93. The van der Waals surface area contributed by atoms with Gasteiger partial charge in [-0.15, -0.1) is 0 Å². The average Bonchev–Trinajstić information content (AvgIpc) is 2.62. The molecule has 0 atom stereocenters. The van der Waals surface area contributed by atoms with E-state index in [9.17, 15) is 0 Å². The topological polar surface area (TPSA) is 38.1 Å². The van der Waals surface area contributed by atoms with Crippen LogP contribution in [-0.4, -0.2) is 12.0 Å². The Morgan fingerprint density at radius 2 is 2.00 bits per heavy atom. The molecule has 3 nitrogen and oxygen atoms in total. The normalized spacial score (nSPS) is 10.5. The monoisotopic (exact) mass is 202 g/mol. The highest BCUT2D eigenvalue weighted by Gasteiger charge is 2.11. The SMILES string of the molecule is CNCc1oc(C)nc1-c1ccccc1. The van der Waals surface area contributed by atoms with Gasteiger partial charge in [-0.05, 0) is 7.05 Å². The number of hydrogen-bond acceptors (Lipinski definition) is 3. The quantitative estimate of drug-likeness (QED) is 0.830. The van der Waals surface area contributed by atoms with E-state index in [0.717, 1.165) is 17.0 Å². The van der Waals surface area contributed by atoms with E-state index < -0.39 is 0 Å². The largest absolute Gasteiger partial charge is 0.444 e. The van der Waals surface area contributed by atoms with Crippen LogP contribution in [0, 0.1) is 6.92 Å². The maximum absolute atomic E-state index is 5.54. The first-order valence-electron chi connectivity index (χ1n) is 4.97. The summed E-state index contributed by atoms with van der Waals surface area (Å²) in [6.07, 6.45) is 0. The van der Waals surface area contributed by atoms with E-state index in [1.807, 2.05) is 44.3 Å².